The lowest BCUT2D eigenvalue weighted by atomic mass is 10.3. The van der Waals surface area contributed by atoms with E-state index in [0.717, 1.165) is 32.1 Å². The molecule has 1 aliphatic heterocycles. The van der Waals surface area contributed by atoms with Gasteiger partial charge in [-0.3, -0.25) is 4.90 Å². The molecule has 0 unspecified atom stereocenters. The lowest BCUT2D eigenvalue weighted by molar-refractivity contribution is 0.159. The molecule has 4 nitrogen and oxygen atoms in total. The summed E-state index contributed by atoms with van der Waals surface area (Å²) in [5.41, 5.74) is 0. The minimum Gasteiger partial charge on any atom is -0.369 e. The van der Waals surface area contributed by atoms with Crippen LogP contribution in [0.5, 0.6) is 0 Å². The Morgan fingerprint density at radius 1 is 1.44 bits per heavy atom. The zero-order valence-corrected chi connectivity index (χ0v) is 11.0. The molecule has 0 aromatic carbocycles. The average Bonchev–Trinajstić information content (AvgIpc) is 2.27. The van der Waals surface area contributed by atoms with Crippen LogP contribution < -0.4 is 0 Å². The van der Waals surface area contributed by atoms with Crippen LogP contribution in [0.2, 0.25) is 0 Å². The lowest BCUT2D eigenvalue weighted by Crippen LogP contribution is -2.41. The Balaban J connectivity index is 2.62. The van der Waals surface area contributed by atoms with Crippen molar-refractivity contribution in [1.29, 1.82) is 0 Å². The van der Waals surface area contributed by atoms with E-state index in [9.17, 15) is 0 Å². The summed E-state index contributed by atoms with van der Waals surface area (Å²) < 4.78 is 0. The van der Waals surface area contributed by atoms with Crippen LogP contribution in [-0.2, 0) is 0 Å². The van der Waals surface area contributed by atoms with Crippen LogP contribution >= 0.6 is 0 Å². The summed E-state index contributed by atoms with van der Waals surface area (Å²) in [5.74, 6) is 1.10. The maximum atomic E-state index is 4.49. The first-order valence-corrected chi connectivity index (χ1v) is 6.05. The molecule has 92 valence electrons. The molecule has 0 bridgehead atoms. The van der Waals surface area contributed by atoms with E-state index < -0.39 is 0 Å². The number of hydrogen-bond acceptors (Lipinski definition) is 3. The van der Waals surface area contributed by atoms with Gasteiger partial charge in [0.25, 0.3) is 0 Å². The summed E-state index contributed by atoms with van der Waals surface area (Å²) in [5, 5.41) is 0. The molecule has 1 rings (SSSR count). The van der Waals surface area contributed by atoms with Crippen molar-refractivity contribution in [3.8, 4) is 0 Å². The minimum absolute atomic E-state index is 1.00. The first-order valence-electron chi connectivity index (χ1n) is 6.05. The van der Waals surface area contributed by atoms with Gasteiger partial charge in [0, 0.05) is 27.2 Å². The van der Waals surface area contributed by atoms with Crippen molar-refractivity contribution >= 4 is 6.34 Å². The van der Waals surface area contributed by atoms with Gasteiger partial charge in [-0.25, -0.2) is 4.99 Å². The van der Waals surface area contributed by atoms with Crippen LogP contribution in [0, 0.1) is 0 Å². The van der Waals surface area contributed by atoms with E-state index in [1.807, 2.05) is 25.3 Å². The summed E-state index contributed by atoms with van der Waals surface area (Å²) in [6, 6.07) is 0. The molecule has 0 saturated heterocycles. The number of nitrogens with zero attached hydrogens (tertiary/aromatic N) is 4. The van der Waals surface area contributed by atoms with E-state index in [1.54, 1.807) is 0 Å². The molecule has 0 saturated carbocycles. The molecule has 16 heavy (non-hydrogen) atoms. The van der Waals surface area contributed by atoms with E-state index in [-0.39, 0.29) is 0 Å². The molecule has 0 fully saturated rings. The van der Waals surface area contributed by atoms with Crippen molar-refractivity contribution in [2.24, 2.45) is 4.99 Å². The monoisotopic (exact) mass is 224 g/mol. The Morgan fingerprint density at radius 3 is 2.75 bits per heavy atom. The van der Waals surface area contributed by atoms with Crippen LogP contribution in [0.25, 0.3) is 0 Å². The Bertz CT molecular complexity index is 258. The highest BCUT2D eigenvalue weighted by molar-refractivity contribution is 5.55. The van der Waals surface area contributed by atoms with Crippen molar-refractivity contribution in [3.05, 3.63) is 11.9 Å². The van der Waals surface area contributed by atoms with Crippen LogP contribution in [-0.4, -0.2) is 61.4 Å². The van der Waals surface area contributed by atoms with Gasteiger partial charge in [-0.1, -0.05) is 6.92 Å². The van der Waals surface area contributed by atoms with Gasteiger partial charge in [0.2, 0.25) is 0 Å². The van der Waals surface area contributed by atoms with Gasteiger partial charge in [0.1, 0.15) is 5.82 Å². The maximum Gasteiger partial charge on any atom is 0.128 e. The topological polar surface area (TPSA) is 22.1 Å². The number of rotatable bonds is 5. The summed E-state index contributed by atoms with van der Waals surface area (Å²) in [6.45, 7) is 8.59. The van der Waals surface area contributed by atoms with Crippen molar-refractivity contribution in [3.63, 3.8) is 0 Å². The Labute approximate surface area is 99.2 Å². The van der Waals surface area contributed by atoms with Gasteiger partial charge in [0.15, 0.2) is 0 Å². The second kappa shape index (κ2) is 6.53. The molecule has 0 amide bonds. The standard InChI is InChI=1S/C12H24N4/c1-5-8-15-9-7-12(13-10-14(3)4)16(6-2)11-15/h7,10H,5-6,8-9,11H2,1-4H3. The summed E-state index contributed by atoms with van der Waals surface area (Å²) in [6.07, 6.45) is 5.29. The molecule has 0 aromatic heterocycles. The highest BCUT2D eigenvalue weighted by atomic mass is 15.4. The second-order valence-electron chi connectivity index (χ2n) is 4.34. The molecule has 0 aliphatic carbocycles. The fourth-order valence-corrected chi connectivity index (χ4v) is 1.76. The predicted octanol–water partition coefficient (Wildman–Crippen LogP) is 1.42. The summed E-state index contributed by atoms with van der Waals surface area (Å²) in [4.78, 5) is 11.2. The molecular formula is C12H24N4. The Morgan fingerprint density at radius 2 is 2.19 bits per heavy atom. The molecule has 0 spiro atoms. The van der Waals surface area contributed by atoms with Crippen LogP contribution in [0.3, 0.4) is 0 Å². The van der Waals surface area contributed by atoms with Gasteiger partial charge in [-0.2, -0.15) is 0 Å². The molecule has 1 aliphatic rings. The van der Waals surface area contributed by atoms with Gasteiger partial charge >= 0.3 is 0 Å². The normalized spacial score (nSPS) is 18.0. The highest BCUT2D eigenvalue weighted by Gasteiger charge is 2.16. The fraction of sp³-hybridized carbons (Fsp3) is 0.750. The zero-order valence-electron chi connectivity index (χ0n) is 11.0. The smallest absolute Gasteiger partial charge is 0.128 e. The van der Waals surface area contributed by atoms with Crippen molar-refractivity contribution in [2.75, 3.05) is 40.4 Å². The van der Waals surface area contributed by atoms with E-state index in [0.29, 0.717) is 0 Å². The van der Waals surface area contributed by atoms with Crippen molar-refractivity contribution in [2.45, 2.75) is 20.3 Å². The quantitative estimate of drug-likeness (QED) is 0.521. The first kappa shape index (κ1) is 13.0. The van der Waals surface area contributed by atoms with Crippen molar-refractivity contribution in [1.82, 2.24) is 14.7 Å². The van der Waals surface area contributed by atoms with Crippen LogP contribution in [0.15, 0.2) is 16.9 Å². The third-order valence-electron chi connectivity index (χ3n) is 2.57. The van der Waals surface area contributed by atoms with Gasteiger partial charge in [-0.15, -0.1) is 0 Å². The van der Waals surface area contributed by atoms with Gasteiger partial charge < -0.3 is 9.80 Å². The van der Waals surface area contributed by atoms with Gasteiger partial charge in [0.05, 0.1) is 13.0 Å². The SMILES string of the molecule is CCCN1CC=C(N=CN(C)C)N(CC)C1. The van der Waals surface area contributed by atoms with E-state index in [2.05, 4.69) is 34.7 Å². The molecule has 0 atom stereocenters. The molecular weight excluding hydrogens is 200 g/mol. The second-order valence-corrected chi connectivity index (χ2v) is 4.34. The van der Waals surface area contributed by atoms with Crippen molar-refractivity contribution < 1.29 is 0 Å². The Hall–Kier alpha value is -1.03. The average molecular weight is 224 g/mol. The molecule has 0 N–H and O–H groups in total. The van der Waals surface area contributed by atoms with E-state index >= 15 is 0 Å². The summed E-state index contributed by atoms with van der Waals surface area (Å²) in [7, 11) is 3.99. The minimum atomic E-state index is 1.00. The Kier molecular flexibility index (Phi) is 5.32. The molecule has 0 aromatic rings. The predicted molar refractivity (Wildman–Crippen MR) is 69.4 cm³/mol. The third-order valence-corrected chi connectivity index (χ3v) is 2.57. The molecule has 0 radical (unpaired) electrons. The van der Waals surface area contributed by atoms with E-state index in [4.69, 9.17) is 0 Å². The third kappa shape index (κ3) is 3.85. The van der Waals surface area contributed by atoms with Crippen LogP contribution in [0.4, 0.5) is 0 Å². The largest absolute Gasteiger partial charge is 0.369 e. The maximum absolute atomic E-state index is 4.49. The number of hydrogen-bond donors (Lipinski definition) is 0. The first-order chi connectivity index (χ1) is 7.67. The number of aliphatic imine (C=N–C) groups is 1. The molecule has 4 heteroatoms. The van der Waals surface area contributed by atoms with Gasteiger partial charge in [-0.05, 0) is 26.0 Å². The lowest BCUT2D eigenvalue weighted by Gasteiger charge is -2.34. The summed E-state index contributed by atoms with van der Waals surface area (Å²) >= 11 is 0. The zero-order chi connectivity index (χ0) is 12.0. The highest BCUT2D eigenvalue weighted by Crippen LogP contribution is 2.13. The van der Waals surface area contributed by atoms with Crippen LogP contribution in [0.1, 0.15) is 20.3 Å². The molecule has 1 heterocycles. The van der Waals surface area contributed by atoms with E-state index in [1.165, 1.54) is 6.42 Å². The fourth-order valence-electron chi connectivity index (χ4n) is 1.76.